The van der Waals surface area contributed by atoms with E-state index >= 15 is 0 Å². The van der Waals surface area contributed by atoms with Gasteiger partial charge in [0.2, 0.25) is 0 Å². The molecule has 10 heteroatoms. The predicted octanol–water partition coefficient (Wildman–Crippen LogP) is 3.72. The average Bonchev–Trinajstić information content (AvgIpc) is 3.56. The van der Waals surface area contributed by atoms with Crippen LogP contribution in [0.3, 0.4) is 0 Å². The van der Waals surface area contributed by atoms with Crippen LogP contribution < -0.4 is 31.2 Å². The molecule has 0 atom stereocenters. The lowest BCUT2D eigenvalue weighted by molar-refractivity contribution is -0.0502. The lowest BCUT2D eigenvalue weighted by Gasteiger charge is -2.18. The highest BCUT2D eigenvalue weighted by Gasteiger charge is 2.28. The summed E-state index contributed by atoms with van der Waals surface area (Å²) in [6.07, 6.45) is 4.55. The third-order valence-corrected chi connectivity index (χ3v) is 4.76. The molecular weight excluding hydrogens is 420 g/mol. The average molecular weight is 445 g/mol. The molecule has 1 saturated carbocycles. The number of ether oxygens (including phenoxy) is 2. The number of nitrogen functional groups attached to an aromatic ring is 1. The van der Waals surface area contributed by atoms with Crippen LogP contribution in [0.2, 0.25) is 0 Å². The van der Waals surface area contributed by atoms with Gasteiger partial charge in [-0.2, -0.15) is 8.78 Å². The molecule has 0 heterocycles. The number of anilines is 3. The molecule has 0 unspecified atom stereocenters. The normalized spacial score (nSPS) is 13.5. The zero-order valence-electron chi connectivity index (χ0n) is 17.7. The van der Waals surface area contributed by atoms with Crippen LogP contribution >= 0.6 is 0 Å². The second-order valence-electron chi connectivity index (χ2n) is 7.14. The number of rotatable bonds is 10. The van der Waals surface area contributed by atoms with Crippen LogP contribution in [-0.2, 0) is 0 Å². The van der Waals surface area contributed by atoms with Gasteiger partial charge in [-0.05, 0) is 30.5 Å². The summed E-state index contributed by atoms with van der Waals surface area (Å²) in [5.41, 5.74) is 8.64. The number of allylic oxidation sites excluding steroid dienone is 1. The molecule has 2 aromatic carbocycles. The van der Waals surface area contributed by atoms with E-state index in [2.05, 4.69) is 20.7 Å². The zero-order chi connectivity index (χ0) is 23.3. The lowest BCUT2D eigenvalue weighted by atomic mass is 10.1. The van der Waals surface area contributed by atoms with Gasteiger partial charge in [0.15, 0.2) is 0 Å². The number of amides is 1. The minimum absolute atomic E-state index is 0.0329. The number of carbonyl (C=O) groups excluding carboxylic acids is 1. The zero-order valence-corrected chi connectivity index (χ0v) is 17.7. The highest BCUT2D eigenvalue weighted by atomic mass is 19.3. The van der Waals surface area contributed by atoms with Crippen LogP contribution in [0.4, 0.5) is 25.8 Å². The van der Waals surface area contributed by atoms with E-state index in [-0.39, 0.29) is 23.1 Å². The van der Waals surface area contributed by atoms with E-state index in [9.17, 15) is 13.6 Å². The molecule has 1 amide bonds. The van der Waals surface area contributed by atoms with Gasteiger partial charge >= 0.3 is 6.61 Å². The fraction of sp³-hybridized carbons (Fsp3) is 0.273. The Kier molecular flexibility index (Phi) is 7.14. The van der Waals surface area contributed by atoms with Gasteiger partial charge in [-0.25, -0.2) is 0 Å². The molecule has 2 aromatic rings. The molecule has 0 aliphatic heterocycles. The van der Waals surface area contributed by atoms with Gasteiger partial charge in [-0.3, -0.25) is 4.79 Å². The molecule has 0 bridgehead atoms. The molecule has 1 aliphatic rings. The lowest BCUT2D eigenvalue weighted by Crippen LogP contribution is -2.26. The molecular formula is C22H25F2N5O3. The standard InChI is InChI=1S/C22H25F2N5O3/c1-27-11-13(10-25)12-3-6-17(16(26)7-12)28-15-8-18(31-2)20(19(9-15)32-22(23)24)21(30)29-14-4-5-14/h3,6-11,14,22,25,27-28H,4-5,26H2,1-2H3,(H,29,30)/b13-11+,25-10?. The largest absolute Gasteiger partial charge is 0.496 e. The number of hydrogen-bond acceptors (Lipinski definition) is 7. The maximum absolute atomic E-state index is 13.0. The van der Waals surface area contributed by atoms with Crippen LogP contribution in [0, 0.1) is 5.41 Å². The van der Waals surface area contributed by atoms with E-state index < -0.39 is 12.5 Å². The van der Waals surface area contributed by atoms with Crippen LogP contribution in [-0.4, -0.2) is 38.9 Å². The molecule has 0 radical (unpaired) electrons. The Balaban J connectivity index is 1.94. The molecule has 1 aliphatic carbocycles. The smallest absolute Gasteiger partial charge is 0.387 e. The summed E-state index contributed by atoms with van der Waals surface area (Å²) < 4.78 is 36.0. The van der Waals surface area contributed by atoms with Crippen molar-refractivity contribution in [3.63, 3.8) is 0 Å². The van der Waals surface area contributed by atoms with Crippen LogP contribution in [0.5, 0.6) is 11.5 Å². The molecule has 1 fully saturated rings. The first-order valence-corrected chi connectivity index (χ1v) is 9.88. The summed E-state index contributed by atoms with van der Waals surface area (Å²) in [4.78, 5) is 12.6. The van der Waals surface area contributed by atoms with Crippen molar-refractivity contribution in [2.45, 2.75) is 25.5 Å². The number of methoxy groups -OCH3 is 1. The molecule has 3 rings (SSSR count). The van der Waals surface area contributed by atoms with Crippen LogP contribution in [0.15, 0.2) is 36.5 Å². The van der Waals surface area contributed by atoms with Crippen molar-refractivity contribution in [2.75, 3.05) is 25.2 Å². The Morgan fingerprint density at radius 2 is 1.97 bits per heavy atom. The predicted molar refractivity (Wildman–Crippen MR) is 120 cm³/mol. The fourth-order valence-corrected chi connectivity index (χ4v) is 3.10. The van der Waals surface area contributed by atoms with Crippen molar-refractivity contribution in [1.82, 2.24) is 10.6 Å². The third-order valence-electron chi connectivity index (χ3n) is 4.76. The SMILES string of the molecule is CN/C=C(\C=N)c1ccc(Nc2cc(OC)c(C(=O)NC3CC3)c(OC(F)F)c2)c(N)c1. The monoisotopic (exact) mass is 445 g/mol. The maximum atomic E-state index is 13.0. The Morgan fingerprint density at radius 1 is 1.25 bits per heavy atom. The van der Waals surface area contributed by atoms with E-state index in [0.29, 0.717) is 22.6 Å². The Morgan fingerprint density at radius 3 is 2.53 bits per heavy atom. The third kappa shape index (κ3) is 5.45. The van der Waals surface area contributed by atoms with Crippen molar-refractivity contribution < 1.29 is 23.0 Å². The Bertz CT molecular complexity index is 1040. The molecule has 170 valence electrons. The van der Waals surface area contributed by atoms with Crippen molar-refractivity contribution in [3.05, 3.63) is 47.7 Å². The van der Waals surface area contributed by atoms with Gasteiger partial charge in [0.25, 0.3) is 5.91 Å². The van der Waals surface area contributed by atoms with Crippen molar-refractivity contribution >= 4 is 34.8 Å². The van der Waals surface area contributed by atoms with Crippen molar-refractivity contribution in [2.24, 2.45) is 0 Å². The van der Waals surface area contributed by atoms with Crippen LogP contribution in [0.1, 0.15) is 28.8 Å². The van der Waals surface area contributed by atoms with Crippen molar-refractivity contribution in [3.8, 4) is 11.5 Å². The van der Waals surface area contributed by atoms with Gasteiger partial charge in [0.05, 0.1) is 18.5 Å². The van der Waals surface area contributed by atoms with Crippen molar-refractivity contribution in [1.29, 1.82) is 5.41 Å². The topological polar surface area (TPSA) is 121 Å². The number of hydrogen-bond donors (Lipinski definition) is 5. The first kappa shape index (κ1) is 22.9. The number of halogens is 2. The minimum Gasteiger partial charge on any atom is -0.496 e. The van der Waals surface area contributed by atoms with Gasteiger partial charge < -0.3 is 36.6 Å². The van der Waals surface area contributed by atoms with E-state index in [0.717, 1.165) is 18.4 Å². The first-order chi connectivity index (χ1) is 15.4. The molecule has 0 spiro atoms. The Hall–Kier alpha value is -3.82. The molecule has 8 nitrogen and oxygen atoms in total. The summed E-state index contributed by atoms with van der Waals surface area (Å²) in [6, 6.07) is 7.99. The van der Waals surface area contributed by atoms with E-state index in [4.69, 9.17) is 15.9 Å². The quantitative estimate of drug-likeness (QED) is 0.281. The maximum Gasteiger partial charge on any atom is 0.387 e. The number of alkyl halides is 2. The number of nitrogens with two attached hydrogens (primary N) is 1. The van der Waals surface area contributed by atoms with Gasteiger partial charge in [0.1, 0.15) is 17.1 Å². The summed E-state index contributed by atoms with van der Waals surface area (Å²) in [5.74, 6) is -0.758. The Labute approximate surface area is 184 Å². The summed E-state index contributed by atoms with van der Waals surface area (Å²) in [5, 5.41) is 16.2. The highest BCUT2D eigenvalue weighted by Crippen LogP contribution is 2.37. The number of carbonyl (C=O) groups is 1. The number of nitrogens with one attached hydrogen (secondary N) is 4. The number of benzene rings is 2. The van der Waals surface area contributed by atoms with Gasteiger partial charge in [0, 0.05) is 48.9 Å². The minimum atomic E-state index is -3.12. The van der Waals surface area contributed by atoms with E-state index in [1.807, 2.05) is 0 Å². The van der Waals surface area contributed by atoms with E-state index in [1.165, 1.54) is 25.5 Å². The summed E-state index contributed by atoms with van der Waals surface area (Å²) in [6.45, 7) is -3.12. The molecule has 32 heavy (non-hydrogen) atoms. The highest BCUT2D eigenvalue weighted by molar-refractivity contribution is 6.08. The summed E-state index contributed by atoms with van der Waals surface area (Å²) in [7, 11) is 3.07. The van der Waals surface area contributed by atoms with Gasteiger partial charge in [-0.1, -0.05) is 6.07 Å². The second-order valence-corrected chi connectivity index (χ2v) is 7.14. The summed E-state index contributed by atoms with van der Waals surface area (Å²) >= 11 is 0. The molecule has 0 saturated heterocycles. The molecule has 0 aromatic heterocycles. The first-order valence-electron chi connectivity index (χ1n) is 9.88. The van der Waals surface area contributed by atoms with E-state index in [1.54, 1.807) is 31.4 Å². The fourth-order valence-electron chi connectivity index (χ4n) is 3.10. The second kappa shape index (κ2) is 9.99. The van der Waals surface area contributed by atoms with Crippen LogP contribution in [0.25, 0.3) is 5.57 Å². The molecule has 6 N–H and O–H groups in total. The van der Waals surface area contributed by atoms with Gasteiger partial charge in [-0.15, -0.1) is 0 Å².